The lowest BCUT2D eigenvalue weighted by Gasteiger charge is -2.38. The van der Waals surface area contributed by atoms with Gasteiger partial charge in [-0.05, 0) is 25.3 Å². The van der Waals surface area contributed by atoms with E-state index in [1.165, 1.54) is 12.5 Å². The third-order valence-corrected chi connectivity index (χ3v) is 3.97. The van der Waals surface area contributed by atoms with E-state index in [0.717, 1.165) is 12.8 Å². The number of hydrogen-bond acceptors (Lipinski definition) is 3. The largest absolute Gasteiger partial charge is 0.362 e. The highest BCUT2D eigenvalue weighted by Gasteiger charge is 2.39. The summed E-state index contributed by atoms with van der Waals surface area (Å²) in [5.41, 5.74) is 0.316. The molecular formula is C17H24N2O3. The van der Waals surface area contributed by atoms with E-state index in [1.54, 1.807) is 11.8 Å². The minimum Gasteiger partial charge on any atom is -0.362 e. The Hall–Kier alpha value is -1.88. The first-order valence-corrected chi connectivity index (χ1v) is 7.73. The van der Waals surface area contributed by atoms with E-state index in [1.807, 2.05) is 18.2 Å². The van der Waals surface area contributed by atoms with Crippen LogP contribution in [0.1, 0.15) is 25.8 Å². The van der Waals surface area contributed by atoms with Crippen LogP contribution in [-0.4, -0.2) is 48.6 Å². The molecule has 1 atom stereocenters. The molecule has 0 radical (unpaired) electrons. The van der Waals surface area contributed by atoms with Gasteiger partial charge in [-0.2, -0.15) is 0 Å². The third-order valence-electron chi connectivity index (χ3n) is 3.97. The molecule has 1 heterocycles. The molecule has 1 unspecified atom stereocenters. The van der Waals surface area contributed by atoms with E-state index in [0.29, 0.717) is 26.2 Å². The summed E-state index contributed by atoms with van der Waals surface area (Å²) < 4.78 is 5.62. The molecule has 120 valence electrons. The molecule has 1 aliphatic heterocycles. The maximum atomic E-state index is 12.3. The summed E-state index contributed by atoms with van der Waals surface area (Å²) in [5.74, 6) is -0.169. The van der Waals surface area contributed by atoms with Gasteiger partial charge in [0.2, 0.25) is 5.91 Å². The van der Waals surface area contributed by atoms with Crippen LogP contribution in [0.15, 0.2) is 30.3 Å². The van der Waals surface area contributed by atoms with Crippen molar-refractivity contribution in [2.24, 2.45) is 0 Å². The van der Waals surface area contributed by atoms with Crippen LogP contribution in [0.25, 0.3) is 0 Å². The second kappa shape index (κ2) is 7.40. The summed E-state index contributed by atoms with van der Waals surface area (Å²) in [6.45, 7) is 5.12. The molecule has 0 bridgehead atoms. The van der Waals surface area contributed by atoms with Crippen molar-refractivity contribution in [1.29, 1.82) is 0 Å². The number of ether oxygens (including phenoxy) is 1. The Morgan fingerprint density at radius 1 is 1.32 bits per heavy atom. The summed E-state index contributed by atoms with van der Waals surface area (Å²) >= 11 is 0. The van der Waals surface area contributed by atoms with E-state index < -0.39 is 5.60 Å². The number of rotatable bonds is 5. The van der Waals surface area contributed by atoms with Crippen molar-refractivity contribution < 1.29 is 14.3 Å². The number of hydrogen-bond donors (Lipinski definition) is 1. The number of morpholine rings is 1. The molecule has 0 aliphatic carbocycles. The first-order chi connectivity index (χ1) is 10.5. The van der Waals surface area contributed by atoms with Crippen LogP contribution in [0.4, 0.5) is 0 Å². The van der Waals surface area contributed by atoms with E-state index in [2.05, 4.69) is 17.4 Å². The molecule has 1 aromatic rings. The number of benzene rings is 1. The topological polar surface area (TPSA) is 58.6 Å². The van der Waals surface area contributed by atoms with Crippen LogP contribution >= 0.6 is 0 Å². The van der Waals surface area contributed by atoms with Gasteiger partial charge in [-0.1, -0.05) is 30.3 Å². The van der Waals surface area contributed by atoms with Crippen molar-refractivity contribution in [3.05, 3.63) is 35.9 Å². The molecule has 1 fully saturated rings. The predicted molar refractivity (Wildman–Crippen MR) is 84.4 cm³/mol. The molecule has 1 saturated heterocycles. The summed E-state index contributed by atoms with van der Waals surface area (Å²) in [6, 6.07) is 10.2. The van der Waals surface area contributed by atoms with Crippen LogP contribution in [0.3, 0.4) is 0 Å². The third kappa shape index (κ3) is 4.31. The highest BCUT2D eigenvalue weighted by Crippen LogP contribution is 2.18. The second-order valence-electron chi connectivity index (χ2n) is 5.86. The van der Waals surface area contributed by atoms with Crippen LogP contribution in [0.2, 0.25) is 0 Å². The van der Waals surface area contributed by atoms with Crippen LogP contribution < -0.4 is 5.32 Å². The van der Waals surface area contributed by atoms with Gasteiger partial charge >= 0.3 is 0 Å². The monoisotopic (exact) mass is 304 g/mol. The van der Waals surface area contributed by atoms with Crippen molar-refractivity contribution >= 4 is 11.8 Å². The van der Waals surface area contributed by atoms with Gasteiger partial charge in [0, 0.05) is 20.0 Å². The minimum absolute atomic E-state index is 0.0218. The van der Waals surface area contributed by atoms with Crippen LogP contribution in [0.5, 0.6) is 0 Å². The Labute approximate surface area is 131 Å². The first-order valence-electron chi connectivity index (χ1n) is 7.73. The van der Waals surface area contributed by atoms with E-state index >= 15 is 0 Å². The Morgan fingerprint density at radius 2 is 2.05 bits per heavy atom. The molecule has 0 saturated carbocycles. The minimum atomic E-state index is -0.948. The molecular weight excluding hydrogens is 280 g/mol. The standard InChI is InChI=1S/C17H24N2O3/c1-14(20)19-11-12-22-17(2,13-19)16(21)18-10-6-9-15-7-4-3-5-8-15/h3-5,7-8H,6,9-13H2,1-2H3,(H,18,21). The van der Waals surface area contributed by atoms with Gasteiger partial charge in [-0.3, -0.25) is 9.59 Å². The van der Waals surface area contributed by atoms with Crippen LogP contribution in [0, 0.1) is 0 Å². The van der Waals surface area contributed by atoms with Gasteiger partial charge in [-0.15, -0.1) is 0 Å². The zero-order chi connectivity index (χ0) is 16.0. The van der Waals surface area contributed by atoms with E-state index in [9.17, 15) is 9.59 Å². The van der Waals surface area contributed by atoms with Crippen molar-refractivity contribution in [3.8, 4) is 0 Å². The molecule has 22 heavy (non-hydrogen) atoms. The maximum absolute atomic E-state index is 12.3. The van der Waals surface area contributed by atoms with Crippen LogP contribution in [-0.2, 0) is 20.7 Å². The average molecular weight is 304 g/mol. The van der Waals surface area contributed by atoms with Crippen molar-refractivity contribution in [2.75, 3.05) is 26.2 Å². The van der Waals surface area contributed by atoms with Crippen molar-refractivity contribution in [3.63, 3.8) is 0 Å². The van der Waals surface area contributed by atoms with E-state index in [-0.39, 0.29) is 11.8 Å². The van der Waals surface area contributed by atoms with E-state index in [4.69, 9.17) is 4.74 Å². The SMILES string of the molecule is CC(=O)N1CCOC(C)(C(=O)NCCCc2ccccc2)C1. The zero-order valence-electron chi connectivity index (χ0n) is 13.3. The fraction of sp³-hybridized carbons (Fsp3) is 0.529. The quantitative estimate of drug-likeness (QED) is 0.836. The normalized spacial score (nSPS) is 21.5. The summed E-state index contributed by atoms with van der Waals surface area (Å²) in [4.78, 5) is 25.5. The Kier molecular flexibility index (Phi) is 5.55. The number of nitrogens with one attached hydrogen (secondary N) is 1. The molecule has 1 aliphatic rings. The van der Waals surface area contributed by atoms with Gasteiger partial charge in [0.1, 0.15) is 0 Å². The molecule has 1 aromatic carbocycles. The summed E-state index contributed by atoms with van der Waals surface area (Å²) in [5, 5.41) is 2.92. The van der Waals surface area contributed by atoms with Gasteiger partial charge in [0.15, 0.2) is 5.60 Å². The number of carbonyl (C=O) groups is 2. The highest BCUT2D eigenvalue weighted by atomic mass is 16.5. The average Bonchev–Trinajstić information content (AvgIpc) is 2.52. The Bertz CT molecular complexity index is 518. The van der Waals surface area contributed by atoms with Gasteiger partial charge in [0.25, 0.3) is 5.91 Å². The number of aryl methyl sites for hydroxylation is 1. The Balaban J connectivity index is 1.77. The van der Waals surface area contributed by atoms with Gasteiger partial charge in [-0.25, -0.2) is 0 Å². The molecule has 2 rings (SSSR count). The highest BCUT2D eigenvalue weighted by molar-refractivity contribution is 5.86. The summed E-state index contributed by atoms with van der Waals surface area (Å²) in [7, 11) is 0. The fourth-order valence-electron chi connectivity index (χ4n) is 2.60. The molecule has 5 heteroatoms. The lowest BCUT2D eigenvalue weighted by Crippen LogP contribution is -2.59. The number of nitrogens with zero attached hydrogens (tertiary/aromatic N) is 1. The second-order valence-corrected chi connectivity index (χ2v) is 5.86. The lowest BCUT2D eigenvalue weighted by atomic mass is 10.0. The molecule has 5 nitrogen and oxygen atoms in total. The smallest absolute Gasteiger partial charge is 0.253 e. The maximum Gasteiger partial charge on any atom is 0.253 e. The van der Waals surface area contributed by atoms with Gasteiger partial charge in [0.05, 0.1) is 13.2 Å². The predicted octanol–water partition coefficient (Wildman–Crippen LogP) is 1.37. The first kappa shape index (κ1) is 16.5. The molecule has 1 N–H and O–H groups in total. The summed E-state index contributed by atoms with van der Waals surface area (Å²) in [6.07, 6.45) is 1.81. The van der Waals surface area contributed by atoms with Gasteiger partial charge < -0.3 is 15.0 Å². The van der Waals surface area contributed by atoms with Crippen molar-refractivity contribution in [1.82, 2.24) is 10.2 Å². The number of amides is 2. The molecule has 0 spiro atoms. The number of carbonyl (C=O) groups excluding carboxylic acids is 2. The Morgan fingerprint density at radius 3 is 2.73 bits per heavy atom. The van der Waals surface area contributed by atoms with Crippen molar-refractivity contribution in [2.45, 2.75) is 32.3 Å². The molecule has 0 aromatic heterocycles. The fourth-order valence-corrected chi connectivity index (χ4v) is 2.60. The molecule has 2 amide bonds. The lowest BCUT2D eigenvalue weighted by molar-refractivity contribution is -0.162. The zero-order valence-corrected chi connectivity index (χ0v) is 13.3.